The number of nitrogens with two attached hydrogens (primary N) is 1. The number of benzene rings is 1. The molecule has 0 aliphatic heterocycles. The molecule has 98 valence electrons. The number of carbonyl (C=O) groups is 2. The van der Waals surface area contributed by atoms with Gasteiger partial charge >= 0.3 is 5.97 Å². The zero-order chi connectivity index (χ0) is 13.7. The van der Waals surface area contributed by atoms with Gasteiger partial charge in [-0.05, 0) is 31.0 Å². The van der Waals surface area contributed by atoms with Crippen molar-refractivity contribution in [2.45, 2.75) is 26.7 Å². The van der Waals surface area contributed by atoms with Gasteiger partial charge in [-0.3, -0.25) is 4.79 Å². The van der Waals surface area contributed by atoms with Gasteiger partial charge in [0.25, 0.3) is 0 Å². The summed E-state index contributed by atoms with van der Waals surface area (Å²) >= 11 is 0. The van der Waals surface area contributed by atoms with E-state index in [0.29, 0.717) is 18.5 Å². The maximum atomic E-state index is 11.9. The van der Waals surface area contributed by atoms with Gasteiger partial charge < -0.3 is 16.2 Å². The number of nitrogen functional groups attached to an aromatic ring is 1. The number of hydrogen-bond donors (Lipinski definition) is 3. The first kappa shape index (κ1) is 14.0. The lowest BCUT2D eigenvalue weighted by atomic mass is 10.0. The second-order valence-corrected chi connectivity index (χ2v) is 4.11. The Kier molecular flexibility index (Phi) is 4.71. The van der Waals surface area contributed by atoms with Crippen molar-refractivity contribution in [2.24, 2.45) is 5.92 Å². The highest BCUT2D eigenvalue weighted by molar-refractivity contribution is 6.01. The van der Waals surface area contributed by atoms with E-state index < -0.39 is 5.97 Å². The molecule has 1 amide bonds. The van der Waals surface area contributed by atoms with E-state index in [2.05, 4.69) is 5.32 Å². The molecule has 0 aromatic heterocycles. The van der Waals surface area contributed by atoms with E-state index >= 15 is 0 Å². The molecular formula is C13H18N2O3. The molecule has 0 radical (unpaired) electrons. The molecule has 0 spiro atoms. The Morgan fingerprint density at radius 3 is 2.44 bits per heavy atom. The Morgan fingerprint density at radius 2 is 1.94 bits per heavy atom. The molecule has 0 saturated carbocycles. The van der Waals surface area contributed by atoms with Crippen molar-refractivity contribution in [3.05, 3.63) is 23.8 Å². The number of amides is 1. The summed E-state index contributed by atoms with van der Waals surface area (Å²) < 4.78 is 0. The fourth-order valence-corrected chi connectivity index (χ4v) is 1.75. The Morgan fingerprint density at radius 1 is 1.33 bits per heavy atom. The summed E-state index contributed by atoms with van der Waals surface area (Å²) in [7, 11) is 0. The van der Waals surface area contributed by atoms with Crippen molar-refractivity contribution < 1.29 is 14.7 Å². The standard InChI is InChI=1S/C13H18N2O3/c1-3-8(4-2)12(16)15-11-7-9(14)5-6-10(11)13(17)18/h5-8H,3-4,14H2,1-2H3,(H,15,16)(H,17,18). The van der Waals surface area contributed by atoms with Crippen molar-refractivity contribution in [1.29, 1.82) is 0 Å². The smallest absolute Gasteiger partial charge is 0.337 e. The minimum atomic E-state index is -1.09. The molecule has 0 atom stereocenters. The summed E-state index contributed by atoms with van der Waals surface area (Å²) in [6.07, 6.45) is 1.43. The van der Waals surface area contributed by atoms with Crippen LogP contribution in [0.25, 0.3) is 0 Å². The maximum Gasteiger partial charge on any atom is 0.337 e. The monoisotopic (exact) mass is 250 g/mol. The van der Waals surface area contributed by atoms with Crippen LogP contribution in [0.3, 0.4) is 0 Å². The van der Waals surface area contributed by atoms with Gasteiger partial charge in [0, 0.05) is 11.6 Å². The van der Waals surface area contributed by atoms with E-state index in [1.807, 2.05) is 13.8 Å². The van der Waals surface area contributed by atoms with Crippen molar-refractivity contribution >= 4 is 23.3 Å². The number of hydrogen-bond acceptors (Lipinski definition) is 3. The van der Waals surface area contributed by atoms with E-state index in [0.717, 1.165) is 0 Å². The number of carboxylic acid groups (broad SMARTS) is 1. The van der Waals surface area contributed by atoms with Gasteiger partial charge in [0.2, 0.25) is 5.91 Å². The molecule has 5 nitrogen and oxygen atoms in total. The van der Waals surface area contributed by atoms with Crippen LogP contribution in [0.4, 0.5) is 11.4 Å². The summed E-state index contributed by atoms with van der Waals surface area (Å²) in [6, 6.07) is 4.35. The quantitative estimate of drug-likeness (QED) is 0.699. The number of rotatable bonds is 5. The van der Waals surface area contributed by atoms with Crippen LogP contribution in [0.15, 0.2) is 18.2 Å². The zero-order valence-electron chi connectivity index (χ0n) is 10.6. The Bertz CT molecular complexity index is 454. The largest absolute Gasteiger partial charge is 0.478 e. The highest BCUT2D eigenvalue weighted by atomic mass is 16.4. The number of aromatic carboxylic acids is 1. The molecule has 1 aromatic carbocycles. The third-order valence-electron chi connectivity index (χ3n) is 2.89. The van der Waals surface area contributed by atoms with Gasteiger partial charge in [0.1, 0.15) is 0 Å². The van der Waals surface area contributed by atoms with Crippen molar-refractivity contribution in [1.82, 2.24) is 0 Å². The molecule has 1 aromatic rings. The fraction of sp³-hybridized carbons (Fsp3) is 0.385. The Hall–Kier alpha value is -2.04. The van der Waals surface area contributed by atoms with Crippen molar-refractivity contribution in [2.75, 3.05) is 11.1 Å². The van der Waals surface area contributed by atoms with E-state index in [1.54, 1.807) is 0 Å². The van der Waals surface area contributed by atoms with Gasteiger partial charge in [-0.15, -0.1) is 0 Å². The van der Waals surface area contributed by atoms with Crippen LogP contribution in [0, 0.1) is 5.92 Å². The predicted molar refractivity (Wildman–Crippen MR) is 70.5 cm³/mol. The molecule has 0 heterocycles. The molecular weight excluding hydrogens is 232 g/mol. The van der Waals surface area contributed by atoms with Gasteiger partial charge in [-0.1, -0.05) is 13.8 Å². The molecule has 5 heteroatoms. The van der Waals surface area contributed by atoms with Gasteiger partial charge in [0.15, 0.2) is 0 Å². The molecule has 0 aliphatic rings. The first-order chi connectivity index (χ1) is 8.49. The Labute approximate surface area is 106 Å². The molecule has 4 N–H and O–H groups in total. The zero-order valence-corrected chi connectivity index (χ0v) is 10.6. The van der Waals surface area contributed by atoms with Crippen LogP contribution in [0.2, 0.25) is 0 Å². The molecule has 0 bridgehead atoms. The Balaban J connectivity index is 2.99. The first-order valence-corrected chi connectivity index (χ1v) is 5.93. The summed E-state index contributed by atoms with van der Waals surface area (Å²) in [4.78, 5) is 22.9. The summed E-state index contributed by atoms with van der Waals surface area (Å²) in [5, 5.41) is 11.7. The number of carbonyl (C=O) groups excluding carboxylic acids is 1. The van der Waals surface area contributed by atoms with Crippen LogP contribution in [-0.4, -0.2) is 17.0 Å². The van der Waals surface area contributed by atoms with E-state index in [1.165, 1.54) is 18.2 Å². The normalized spacial score (nSPS) is 10.4. The van der Waals surface area contributed by atoms with E-state index in [-0.39, 0.29) is 23.1 Å². The predicted octanol–water partition coefficient (Wildman–Crippen LogP) is 2.34. The molecule has 1 rings (SSSR count). The van der Waals surface area contributed by atoms with Gasteiger partial charge in [0.05, 0.1) is 11.3 Å². The van der Waals surface area contributed by atoms with Gasteiger partial charge in [-0.25, -0.2) is 4.79 Å². The second kappa shape index (κ2) is 6.05. The van der Waals surface area contributed by atoms with Crippen LogP contribution in [-0.2, 0) is 4.79 Å². The SMILES string of the molecule is CCC(CC)C(=O)Nc1cc(N)ccc1C(=O)O. The lowest BCUT2D eigenvalue weighted by Crippen LogP contribution is -2.23. The first-order valence-electron chi connectivity index (χ1n) is 5.93. The van der Waals surface area contributed by atoms with Crippen molar-refractivity contribution in [3.63, 3.8) is 0 Å². The number of nitrogens with one attached hydrogen (secondary N) is 1. The van der Waals surface area contributed by atoms with E-state index in [9.17, 15) is 9.59 Å². The third-order valence-corrected chi connectivity index (χ3v) is 2.89. The summed E-state index contributed by atoms with van der Waals surface area (Å²) in [6.45, 7) is 3.84. The average molecular weight is 250 g/mol. The van der Waals surface area contributed by atoms with E-state index in [4.69, 9.17) is 10.8 Å². The lowest BCUT2D eigenvalue weighted by Gasteiger charge is -2.14. The van der Waals surface area contributed by atoms with Crippen LogP contribution < -0.4 is 11.1 Å². The highest BCUT2D eigenvalue weighted by Gasteiger charge is 2.17. The average Bonchev–Trinajstić information content (AvgIpc) is 2.30. The number of carboxylic acids is 1. The van der Waals surface area contributed by atoms with Gasteiger partial charge in [-0.2, -0.15) is 0 Å². The highest BCUT2D eigenvalue weighted by Crippen LogP contribution is 2.21. The molecule has 0 fully saturated rings. The maximum absolute atomic E-state index is 11.9. The molecule has 18 heavy (non-hydrogen) atoms. The van der Waals surface area contributed by atoms with Crippen LogP contribution >= 0.6 is 0 Å². The topological polar surface area (TPSA) is 92.4 Å². The minimum Gasteiger partial charge on any atom is -0.478 e. The van der Waals surface area contributed by atoms with Crippen LogP contribution in [0.5, 0.6) is 0 Å². The molecule has 0 aliphatic carbocycles. The molecule has 0 saturated heterocycles. The lowest BCUT2D eigenvalue weighted by molar-refractivity contribution is -0.120. The van der Waals surface area contributed by atoms with Crippen LogP contribution in [0.1, 0.15) is 37.0 Å². The number of anilines is 2. The van der Waals surface area contributed by atoms with Crippen molar-refractivity contribution in [3.8, 4) is 0 Å². The third kappa shape index (κ3) is 3.23. The molecule has 0 unspecified atom stereocenters. The minimum absolute atomic E-state index is 0.0449. The fourth-order valence-electron chi connectivity index (χ4n) is 1.75. The summed E-state index contributed by atoms with van der Waals surface area (Å²) in [5.41, 5.74) is 6.31. The second-order valence-electron chi connectivity index (χ2n) is 4.11. The summed E-state index contributed by atoms with van der Waals surface area (Å²) in [5.74, 6) is -1.38.